The van der Waals surface area contributed by atoms with E-state index in [1.165, 1.54) is 39.0 Å². The first-order valence-electron chi connectivity index (χ1n) is 6.31. The molecule has 0 aromatic rings. The summed E-state index contributed by atoms with van der Waals surface area (Å²) >= 11 is 0. The lowest BCUT2D eigenvalue weighted by Crippen LogP contribution is -2.50. The van der Waals surface area contributed by atoms with Gasteiger partial charge in [0.2, 0.25) is 0 Å². The van der Waals surface area contributed by atoms with Crippen molar-refractivity contribution in [2.75, 3.05) is 33.2 Å². The Morgan fingerprint density at radius 1 is 1.33 bits per heavy atom. The zero-order valence-electron chi connectivity index (χ0n) is 10.6. The molecule has 0 aromatic heterocycles. The van der Waals surface area contributed by atoms with E-state index in [1.807, 2.05) is 0 Å². The van der Waals surface area contributed by atoms with Crippen LogP contribution < -0.4 is 5.73 Å². The summed E-state index contributed by atoms with van der Waals surface area (Å²) in [6, 6.07) is 1.10. The Morgan fingerprint density at radius 3 is 2.67 bits per heavy atom. The summed E-state index contributed by atoms with van der Waals surface area (Å²) in [6.07, 6.45) is 3.54. The third-order valence-electron chi connectivity index (χ3n) is 3.52. The smallest absolute Gasteiger partial charge is 0.0192 e. The second-order valence-electron chi connectivity index (χ2n) is 4.97. The van der Waals surface area contributed by atoms with Crippen LogP contribution in [0.3, 0.4) is 0 Å². The number of nitrogens with two attached hydrogens (primary N) is 1. The molecule has 0 aliphatic carbocycles. The molecule has 2 atom stereocenters. The highest BCUT2D eigenvalue weighted by atomic mass is 15.3. The molecule has 15 heavy (non-hydrogen) atoms. The number of hydrogen-bond acceptors (Lipinski definition) is 3. The second kappa shape index (κ2) is 6.46. The van der Waals surface area contributed by atoms with E-state index >= 15 is 0 Å². The molecule has 1 saturated heterocycles. The number of hydrogen-bond donors (Lipinski definition) is 1. The monoisotopic (exact) mass is 213 g/mol. The maximum atomic E-state index is 6.03. The Hall–Kier alpha value is -0.120. The van der Waals surface area contributed by atoms with Crippen LogP contribution in [0.25, 0.3) is 0 Å². The van der Waals surface area contributed by atoms with Crippen LogP contribution in [0.2, 0.25) is 0 Å². The standard InChI is InChI=1S/C12H27N3/c1-4-5-12(13)6-7-15-9-8-14(3)11(2)10-15/h11-12H,4-10,13H2,1-3H3. The van der Waals surface area contributed by atoms with Crippen LogP contribution in [0.4, 0.5) is 0 Å². The lowest BCUT2D eigenvalue weighted by atomic mass is 10.1. The fraction of sp³-hybridized carbons (Fsp3) is 1.00. The molecule has 1 rings (SSSR count). The summed E-state index contributed by atoms with van der Waals surface area (Å²) in [5.74, 6) is 0. The highest BCUT2D eigenvalue weighted by Crippen LogP contribution is 2.08. The molecule has 2 unspecified atom stereocenters. The van der Waals surface area contributed by atoms with Gasteiger partial charge < -0.3 is 15.5 Å². The first-order valence-corrected chi connectivity index (χ1v) is 6.31. The Bertz CT molecular complexity index is 172. The molecule has 90 valence electrons. The van der Waals surface area contributed by atoms with Gasteiger partial charge in [0.1, 0.15) is 0 Å². The van der Waals surface area contributed by atoms with Crippen molar-refractivity contribution in [2.24, 2.45) is 5.73 Å². The summed E-state index contributed by atoms with van der Waals surface area (Å²) in [5, 5.41) is 0. The van der Waals surface area contributed by atoms with Gasteiger partial charge in [-0.3, -0.25) is 0 Å². The van der Waals surface area contributed by atoms with Gasteiger partial charge in [-0.1, -0.05) is 13.3 Å². The predicted octanol–water partition coefficient (Wildman–Crippen LogP) is 1.14. The van der Waals surface area contributed by atoms with Gasteiger partial charge in [0.05, 0.1) is 0 Å². The van der Waals surface area contributed by atoms with E-state index in [0.717, 1.165) is 6.42 Å². The molecule has 3 nitrogen and oxygen atoms in total. The van der Waals surface area contributed by atoms with Crippen molar-refractivity contribution in [3.63, 3.8) is 0 Å². The molecular formula is C12H27N3. The van der Waals surface area contributed by atoms with Crippen molar-refractivity contribution in [2.45, 2.75) is 45.2 Å². The number of nitrogens with zero attached hydrogens (tertiary/aromatic N) is 2. The van der Waals surface area contributed by atoms with Crippen LogP contribution in [0.1, 0.15) is 33.1 Å². The van der Waals surface area contributed by atoms with Crippen LogP contribution in [0.15, 0.2) is 0 Å². The minimum Gasteiger partial charge on any atom is -0.328 e. The SMILES string of the molecule is CCCC(N)CCN1CCN(C)C(C)C1. The van der Waals surface area contributed by atoms with Crippen molar-refractivity contribution >= 4 is 0 Å². The Kier molecular flexibility index (Phi) is 5.58. The highest BCUT2D eigenvalue weighted by molar-refractivity contribution is 4.77. The van der Waals surface area contributed by atoms with Crippen LogP contribution in [-0.2, 0) is 0 Å². The minimum atomic E-state index is 0.407. The fourth-order valence-electron chi connectivity index (χ4n) is 2.19. The molecule has 0 saturated carbocycles. The average molecular weight is 213 g/mol. The lowest BCUT2D eigenvalue weighted by Gasteiger charge is -2.38. The van der Waals surface area contributed by atoms with Crippen molar-refractivity contribution in [1.29, 1.82) is 0 Å². The van der Waals surface area contributed by atoms with E-state index in [-0.39, 0.29) is 0 Å². The molecular weight excluding hydrogens is 186 g/mol. The Morgan fingerprint density at radius 2 is 2.07 bits per heavy atom. The van der Waals surface area contributed by atoms with Crippen molar-refractivity contribution in [1.82, 2.24) is 9.80 Å². The zero-order chi connectivity index (χ0) is 11.3. The van der Waals surface area contributed by atoms with E-state index in [1.54, 1.807) is 0 Å². The molecule has 0 bridgehead atoms. The molecule has 1 heterocycles. The molecule has 0 radical (unpaired) electrons. The fourth-order valence-corrected chi connectivity index (χ4v) is 2.19. The average Bonchev–Trinajstić information content (AvgIpc) is 2.20. The third kappa shape index (κ3) is 4.49. The minimum absolute atomic E-state index is 0.407. The van der Waals surface area contributed by atoms with Gasteiger partial charge in [0.25, 0.3) is 0 Å². The number of rotatable bonds is 5. The van der Waals surface area contributed by atoms with E-state index in [2.05, 4.69) is 30.7 Å². The van der Waals surface area contributed by atoms with E-state index in [0.29, 0.717) is 12.1 Å². The van der Waals surface area contributed by atoms with Gasteiger partial charge in [-0.05, 0) is 33.4 Å². The maximum absolute atomic E-state index is 6.03. The maximum Gasteiger partial charge on any atom is 0.0192 e. The van der Waals surface area contributed by atoms with Crippen molar-refractivity contribution in [3.05, 3.63) is 0 Å². The van der Waals surface area contributed by atoms with E-state index in [9.17, 15) is 0 Å². The molecule has 1 aliphatic heterocycles. The molecule has 0 aromatic carbocycles. The van der Waals surface area contributed by atoms with Crippen molar-refractivity contribution in [3.8, 4) is 0 Å². The quantitative estimate of drug-likeness (QED) is 0.743. The summed E-state index contributed by atoms with van der Waals surface area (Å²) in [4.78, 5) is 4.99. The predicted molar refractivity (Wildman–Crippen MR) is 66.0 cm³/mol. The zero-order valence-corrected chi connectivity index (χ0v) is 10.6. The molecule has 0 amide bonds. The van der Waals surface area contributed by atoms with Gasteiger partial charge in [-0.2, -0.15) is 0 Å². The van der Waals surface area contributed by atoms with Gasteiger partial charge in [-0.15, -0.1) is 0 Å². The normalized spacial score (nSPS) is 26.8. The van der Waals surface area contributed by atoms with Crippen LogP contribution in [0, 0.1) is 0 Å². The molecule has 1 aliphatic rings. The number of likely N-dealkylation sites (N-methyl/N-ethyl adjacent to an activating group) is 1. The van der Waals surface area contributed by atoms with Crippen molar-refractivity contribution < 1.29 is 0 Å². The molecule has 3 heteroatoms. The van der Waals surface area contributed by atoms with Gasteiger partial charge >= 0.3 is 0 Å². The second-order valence-corrected chi connectivity index (χ2v) is 4.97. The molecule has 0 spiro atoms. The Balaban J connectivity index is 2.16. The first kappa shape index (κ1) is 12.9. The van der Waals surface area contributed by atoms with E-state index < -0.39 is 0 Å². The third-order valence-corrected chi connectivity index (χ3v) is 3.52. The summed E-state index contributed by atoms with van der Waals surface area (Å²) in [7, 11) is 2.21. The van der Waals surface area contributed by atoms with Gasteiger partial charge in [0.15, 0.2) is 0 Å². The Labute approximate surface area is 94.6 Å². The van der Waals surface area contributed by atoms with Crippen LogP contribution in [0.5, 0.6) is 0 Å². The molecule has 1 fully saturated rings. The summed E-state index contributed by atoms with van der Waals surface area (Å²) < 4.78 is 0. The first-order chi connectivity index (χ1) is 7.13. The largest absolute Gasteiger partial charge is 0.328 e. The topological polar surface area (TPSA) is 32.5 Å². The molecule has 2 N–H and O–H groups in total. The van der Waals surface area contributed by atoms with Crippen LogP contribution in [-0.4, -0.2) is 55.1 Å². The summed E-state index contributed by atoms with van der Waals surface area (Å²) in [6.45, 7) is 9.30. The lowest BCUT2D eigenvalue weighted by molar-refractivity contribution is 0.102. The highest BCUT2D eigenvalue weighted by Gasteiger charge is 2.20. The number of piperazine rings is 1. The van der Waals surface area contributed by atoms with Gasteiger partial charge in [-0.25, -0.2) is 0 Å². The van der Waals surface area contributed by atoms with Crippen LogP contribution >= 0.6 is 0 Å². The van der Waals surface area contributed by atoms with Gasteiger partial charge in [0, 0.05) is 31.7 Å². The summed E-state index contributed by atoms with van der Waals surface area (Å²) in [5.41, 5.74) is 6.03. The van der Waals surface area contributed by atoms with E-state index in [4.69, 9.17) is 5.73 Å².